The van der Waals surface area contributed by atoms with Crippen LogP contribution in [0.4, 0.5) is 11.5 Å². The molecule has 0 radical (unpaired) electrons. The molecule has 0 saturated carbocycles. The molecule has 3 rings (SSSR count). The number of rotatable bonds is 3. The molecule has 1 aromatic heterocycles. The Hall–Kier alpha value is -1.95. The molecule has 1 fully saturated rings. The summed E-state index contributed by atoms with van der Waals surface area (Å²) in [5.74, 6) is 1.76. The zero-order valence-corrected chi connectivity index (χ0v) is 15.5. The van der Waals surface area contributed by atoms with Crippen molar-refractivity contribution in [3.05, 3.63) is 46.3 Å². The van der Waals surface area contributed by atoms with Gasteiger partial charge in [0.2, 0.25) is 0 Å². The first-order valence-electron chi connectivity index (χ1n) is 8.19. The highest BCUT2D eigenvalue weighted by Crippen LogP contribution is 2.21. The van der Waals surface area contributed by atoms with Crippen molar-refractivity contribution in [2.24, 2.45) is 5.92 Å². The first-order chi connectivity index (χ1) is 11.5. The fourth-order valence-electron chi connectivity index (χ4n) is 2.96. The Balaban J connectivity index is 1.80. The molecule has 0 bridgehead atoms. The highest BCUT2D eigenvalue weighted by molar-refractivity contribution is 9.10. The van der Waals surface area contributed by atoms with Gasteiger partial charge in [-0.25, -0.2) is 9.97 Å². The van der Waals surface area contributed by atoms with Crippen molar-refractivity contribution in [2.75, 3.05) is 18.4 Å². The summed E-state index contributed by atoms with van der Waals surface area (Å²) < 4.78 is 1.02. The van der Waals surface area contributed by atoms with Gasteiger partial charge in [-0.05, 0) is 49.9 Å². The van der Waals surface area contributed by atoms with Crippen LogP contribution in [0.15, 0.2) is 34.8 Å². The summed E-state index contributed by atoms with van der Waals surface area (Å²) in [6.45, 7) is 5.60. The van der Waals surface area contributed by atoms with Crippen LogP contribution in [0.2, 0.25) is 0 Å². The molecule has 1 aromatic carbocycles. The number of piperidine rings is 1. The van der Waals surface area contributed by atoms with Crippen molar-refractivity contribution < 1.29 is 4.79 Å². The second kappa shape index (κ2) is 7.30. The Labute approximate surface area is 150 Å². The van der Waals surface area contributed by atoms with E-state index in [2.05, 4.69) is 38.1 Å². The molecule has 6 heteroatoms. The standard InChI is InChI=1S/C18H21BrN4O/c1-12-4-3-9-23(11-12)18(24)16-10-17(21-13(2)20-16)22-15-7-5-14(19)6-8-15/h5-8,10,12H,3-4,9,11H2,1-2H3,(H,20,21,22). The van der Waals surface area contributed by atoms with Crippen molar-refractivity contribution >= 4 is 33.3 Å². The van der Waals surface area contributed by atoms with Gasteiger partial charge in [0.05, 0.1) is 0 Å². The molecule has 1 aliphatic rings. The van der Waals surface area contributed by atoms with Gasteiger partial charge in [0.1, 0.15) is 17.3 Å². The van der Waals surface area contributed by atoms with Crippen LogP contribution in [-0.2, 0) is 0 Å². The van der Waals surface area contributed by atoms with Gasteiger partial charge in [-0.2, -0.15) is 0 Å². The number of anilines is 2. The molecule has 24 heavy (non-hydrogen) atoms. The molecule has 0 spiro atoms. The van der Waals surface area contributed by atoms with E-state index in [1.54, 1.807) is 6.07 Å². The summed E-state index contributed by atoms with van der Waals surface area (Å²) in [4.78, 5) is 23.4. The summed E-state index contributed by atoms with van der Waals surface area (Å²) in [5.41, 5.74) is 1.37. The number of amides is 1. The molecule has 1 amide bonds. The number of nitrogens with zero attached hydrogens (tertiary/aromatic N) is 3. The number of hydrogen-bond donors (Lipinski definition) is 1. The van der Waals surface area contributed by atoms with Crippen LogP contribution in [0, 0.1) is 12.8 Å². The van der Waals surface area contributed by atoms with Crippen molar-refractivity contribution in [2.45, 2.75) is 26.7 Å². The van der Waals surface area contributed by atoms with E-state index in [1.165, 1.54) is 6.42 Å². The van der Waals surface area contributed by atoms with E-state index in [4.69, 9.17) is 0 Å². The smallest absolute Gasteiger partial charge is 0.272 e. The van der Waals surface area contributed by atoms with E-state index >= 15 is 0 Å². The highest BCUT2D eigenvalue weighted by atomic mass is 79.9. The van der Waals surface area contributed by atoms with E-state index in [9.17, 15) is 4.79 Å². The zero-order chi connectivity index (χ0) is 17.1. The van der Waals surface area contributed by atoms with E-state index < -0.39 is 0 Å². The lowest BCUT2D eigenvalue weighted by Gasteiger charge is -2.30. The van der Waals surface area contributed by atoms with Gasteiger partial charge in [0.25, 0.3) is 5.91 Å². The molecule has 1 N–H and O–H groups in total. The van der Waals surface area contributed by atoms with Crippen molar-refractivity contribution in [1.29, 1.82) is 0 Å². The largest absolute Gasteiger partial charge is 0.340 e. The third-order valence-corrected chi connectivity index (χ3v) is 4.65. The number of carbonyl (C=O) groups excluding carboxylic acids is 1. The number of benzene rings is 1. The van der Waals surface area contributed by atoms with Crippen LogP contribution in [-0.4, -0.2) is 33.9 Å². The van der Waals surface area contributed by atoms with E-state index in [0.29, 0.717) is 23.3 Å². The van der Waals surface area contributed by atoms with Gasteiger partial charge < -0.3 is 10.2 Å². The number of likely N-dealkylation sites (tertiary alicyclic amines) is 1. The molecule has 2 heterocycles. The maximum absolute atomic E-state index is 12.7. The lowest BCUT2D eigenvalue weighted by Crippen LogP contribution is -2.39. The predicted molar refractivity (Wildman–Crippen MR) is 98.5 cm³/mol. The van der Waals surface area contributed by atoms with Gasteiger partial charge >= 0.3 is 0 Å². The number of hydrogen-bond acceptors (Lipinski definition) is 4. The molecule has 1 aliphatic heterocycles. The zero-order valence-electron chi connectivity index (χ0n) is 13.9. The monoisotopic (exact) mass is 388 g/mol. The fourth-order valence-corrected chi connectivity index (χ4v) is 3.22. The molecule has 1 saturated heterocycles. The van der Waals surface area contributed by atoms with Crippen LogP contribution in [0.3, 0.4) is 0 Å². The number of halogens is 1. The molecule has 2 aromatic rings. The normalized spacial score (nSPS) is 17.6. The summed E-state index contributed by atoms with van der Waals surface area (Å²) in [5, 5.41) is 3.24. The van der Waals surface area contributed by atoms with Gasteiger partial charge in [0.15, 0.2) is 0 Å². The second-order valence-electron chi connectivity index (χ2n) is 6.32. The van der Waals surface area contributed by atoms with Gasteiger partial charge in [0, 0.05) is 29.3 Å². The Kier molecular flexibility index (Phi) is 5.14. The van der Waals surface area contributed by atoms with Crippen LogP contribution >= 0.6 is 15.9 Å². The minimum Gasteiger partial charge on any atom is -0.340 e. The SMILES string of the molecule is Cc1nc(Nc2ccc(Br)cc2)cc(C(=O)N2CCCC(C)C2)n1. The maximum Gasteiger partial charge on any atom is 0.272 e. The highest BCUT2D eigenvalue weighted by Gasteiger charge is 2.23. The van der Waals surface area contributed by atoms with E-state index in [-0.39, 0.29) is 5.91 Å². The molecule has 1 atom stereocenters. The summed E-state index contributed by atoms with van der Waals surface area (Å²) >= 11 is 3.42. The molecule has 1 unspecified atom stereocenters. The third-order valence-electron chi connectivity index (χ3n) is 4.12. The van der Waals surface area contributed by atoms with Crippen molar-refractivity contribution in [3.63, 3.8) is 0 Å². The summed E-state index contributed by atoms with van der Waals surface area (Å²) in [6.07, 6.45) is 2.24. The maximum atomic E-state index is 12.7. The lowest BCUT2D eigenvalue weighted by molar-refractivity contribution is 0.0676. The van der Waals surface area contributed by atoms with E-state index in [1.807, 2.05) is 36.1 Å². The molecular formula is C18H21BrN4O. The minimum absolute atomic E-state index is 0.00842. The quantitative estimate of drug-likeness (QED) is 0.857. The Morgan fingerprint density at radius 1 is 1.29 bits per heavy atom. The Bertz CT molecular complexity index is 732. The molecule has 0 aliphatic carbocycles. The van der Waals surface area contributed by atoms with Crippen LogP contribution in [0.5, 0.6) is 0 Å². The first kappa shape index (κ1) is 16.9. The van der Waals surface area contributed by atoms with Gasteiger partial charge in [-0.3, -0.25) is 4.79 Å². The third kappa shape index (κ3) is 4.12. The summed E-state index contributed by atoms with van der Waals surface area (Å²) in [7, 11) is 0. The molecule has 5 nitrogen and oxygen atoms in total. The molecule has 126 valence electrons. The first-order valence-corrected chi connectivity index (χ1v) is 8.98. The topological polar surface area (TPSA) is 58.1 Å². The lowest BCUT2D eigenvalue weighted by atomic mass is 10.00. The number of aromatic nitrogens is 2. The van der Waals surface area contributed by atoms with Crippen LogP contribution < -0.4 is 5.32 Å². The number of carbonyl (C=O) groups is 1. The number of aryl methyl sites for hydroxylation is 1. The molecular weight excluding hydrogens is 368 g/mol. The van der Waals surface area contributed by atoms with Crippen LogP contribution in [0.1, 0.15) is 36.1 Å². The fraction of sp³-hybridized carbons (Fsp3) is 0.389. The van der Waals surface area contributed by atoms with Crippen LogP contribution in [0.25, 0.3) is 0 Å². The Morgan fingerprint density at radius 2 is 2.04 bits per heavy atom. The number of nitrogens with one attached hydrogen (secondary N) is 1. The second-order valence-corrected chi connectivity index (χ2v) is 7.23. The predicted octanol–water partition coefficient (Wildman–Crippen LogP) is 4.16. The minimum atomic E-state index is -0.00842. The van der Waals surface area contributed by atoms with Crippen molar-refractivity contribution in [1.82, 2.24) is 14.9 Å². The average Bonchev–Trinajstić information content (AvgIpc) is 2.56. The summed E-state index contributed by atoms with van der Waals surface area (Å²) in [6, 6.07) is 9.55. The average molecular weight is 389 g/mol. The van der Waals surface area contributed by atoms with Gasteiger partial charge in [-0.1, -0.05) is 22.9 Å². The van der Waals surface area contributed by atoms with E-state index in [0.717, 1.165) is 29.7 Å². The van der Waals surface area contributed by atoms with Crippen molar-refractivity contribution in [3.8, 4) is 0 Å². The van der Waals surface area contributed by atoms with Gasteiger partial charge in [-0.15, -0.1) is 0 Å². The Morgan fingerprint density at radius 3 is 2.75 bits per heavy atom.